The largest absolute Gasteiger partial charge is 0.305 e. The Morgan fingerprint density at radius 1 is 1.29 bits per heavy atom. The van der Waals surface area contributed by atoms with Crippen LogP contribution in [0.3, 0.4) is 0 Å². The van der Waals surface area contributed by atoms with Gasteiger partial charge in [0.1, 0.15) is 5.69 Å². The molecular weight excluding hydrogens is 200 g/mol. The van der Waals surface area contributed by atoms with Crippen LogP contribution in [0.25, 0.3) is 10.9 Å². The molecule has 0 amide bonds. The molecule has 0 saturated carbocycles. The van der Waals surface area contributed by atoms with Gasteiger partial charge in [-0.15, -0.1) is 5.11 Å². The smallest absolute Gasteiger partial charge is 0.114 e. The van der Waals surface area contributed by atoms with Gasteiger partial charge < -0.3 is 5.84 Å². The second-order valence-electron chi connectivity index (χ2n) is 2.68. The van der Waals surface area contributed by atoms with Crippen LogP contribution in [0.15, 0.2) is 40.8 Å². The summed E-state index contributed by atoms with van der Waals surface area (Å²) in [6.07, 6.45) is 1.63. The minimum absolute atomic E-state index is 0.618. The van der Waals surface area contributed by atoms with Crippen molar-refractivity contribution in [1.82, 2.24) is 4.98 Å². The van der Waals surface area contributed by atoms with Gasteiger partial charge in [0.05, 0.1) is 10.5 Å². The van der Waals surface area contributed by atoms with E-state index >= 15 is 0 Å². The van der Waals surface area contributed by atoms with Crippen LogP contribution in [0.2, 0.25) is 5.02 Å². The average molecular weight is 207 g/mol. The molecule has 5 heteroatoms. The maximum atomic E-state index is 5.99. The van der Waals surface area contributed by atoms with Gasteiger partial charge in [-0.25, -0.2) is 0 Å². The normalized spacial score (nSPS) is 11.2. The van der Waals surface area contributed by atoms with Crippen LogP contribution in [0.4, 0.5) is 5.69 Å². The molecule has 0 radical (unpaired) electrons. The quantitative estimate of drug-likeness (QED) is 0.443. The minimum Gasteiger partial charge on any atom is -0.305 e. The molecule has 1 heterocycles. The number of fused-ring (bicyclic) bond motifs is 1. The molecule has 0 atom stereocenters. The molecule has 0 unspecified atom stereocenters. The zero-order valence-corrected chi connectivity index (χ0v) is 7.94. The Kier molecular flexibility index (Phi) is 2.28. The standard InChI is InChI=1S/C9H7ClN4/c10-7-4-5-12-9-6(7)2-1-3-8(9)13-14-11/h1-5H,(H2,11,13). The molecule has 0 aliphatic rings. The van der Waals surface area contributed by atoms with Crippen LogP contribution in [0.1, 0.15) is 0 Å². The number of rotatable bonds is 1. The average Bonchev–Trinajstić information content (AvgIpc) is 2.20. The van der Waals surface area contributed by atoms with Crippen molar-refractivity contribution in [2.75, 3.05) is 0 Å². The fraction of sp³-hybridized carbons (Fsp3) is 0. The number of hydrogen-bond donors (Lipinski definition) is 1. The number of nitrogens with zero attached hydrogens (tertiary/aromatic N) is 3. The van der Waals surface area contributed by atoms with Crippen LogP contribution < -0.4 is 5.84 Å². The van der Waals surface area contributed by atoms with E-state index in [1.54, 1.807) is 18.3 Å². The van der Waals surface area contributed by atoms with Gasteiger partial charge in [0.25, 0.3) is 0 Å². The molecule has 14 heavy (non-hydrogen) atoms. The number of nitrogens with two attached hydrogens (primary N) is 1. The zero-order valence-electron chi connectivity index (χ0n) is 7.18. The summed E-state index contributed by atoms with van der Waals surface area (Å²) < 4.78 is 0. The van der Waals surface area contributed by atoms with E-state index in [9.17, 15) is 0 Å². The summed E-state index contributed by atoms with van der Waals surface area (Å²) >= 11 is 5.99. The summed E-state index contributed by atoms with van der Waals surface area (Å²) in [5.41, 5.74) is 1.32. The Hall–Kier alpha value is -1.68. The van der Waals surface area contributed by atoms with Gasteiger partial charge in [0.15, 0.2) is 0 Å². The Bertz CT molecular complexity index is 495. The van der Waals surface area contributed by atoms with Crippen LogP contribution in [-0.2, 0) is 0 Å². The van der Waals surface area contributed by atoms with Crippen molar-refractivity contribution in [2.45, 2.75) is 0 Å². The molecule has 2 N–H and O–H groups in total. The van der Waals surface area contributed by atoms with Crippen molar-refractivity contribution in [3.05, 3.63) is 35.5 Å². The topological polar surface area (TPSA) is 63.6 Å². The summed E-state index contributed by atoms with van der Waals surface area (Å²) in [7, 11) is 0. The van der Waals surface area contributed by atoms with Crippen LogP contribution in [-0.4, -0.2) is 4.98 Å². The number of benzene rings is 1. The first-order chi connectivity index (χ1) is 6.83. The van der Waals surface area contributed by atoms with Gasteiger partial charge in [-0.05, 0) is 12.1 Å². The van der Waals surface area contributed by atoms with Crippen molar-refractivity contribution in [3.63, 3.8) is 0 Å². The summed E-state index contributed by atoms with van der Waals surface area (Å²) in [5.74, 6) is 4.99. The molecule has 2 rings (SSSR count). The van der Waals surface area contributed by atoms with Crippen molar-refractivity contribution < 1.29 is 0 Å². The van der Waals surface area contributed by atoms with E-state index in [1.807, 2.05) is 12.1 Å². The lowest BCUT2D eigenvalue weighted by atomic mass is 10.2. The summed E-state index contributed by atoms with van der Waals surface area (Å²) in [6, 6.07) is 7.22. The monoisotopic (exact) mass is 206 g/mol. The molecule has 0 aliphatic carbocycles. The van der Waals surface area contributed by atoms with Crippen LogP contribution in [0.5, 0.6) is 0 Å². The number of halogens is 1. The van der Waals surface area contributed by atoms with Gasteiger partial charge >= 0.3 is 0 Å². The lowest BCUT2D eigenvalue weighted by Gasteiger charge is -2.00. The highest BCUT2D eigenvalue weighted by molar-refractivity contribution is 6.35. The fourth-order valence-corrected chi connectivity index (χ4v) is 1.48. The molecule has 0 bridgehead atoms. The SMILES string of the molecule is NN=Nc1cccc2c(Cl)ccnc12. The molecule has 0 saturated heterocycles. The molecule has 2 aromatic rings. The third-order valence-corrected chi connectivity index (χ3v) is 2.19. The van der Waals surface area contributed by atoms with E-state index in [4.69, 9.17) is 17.4 Å². The van der Waals surface area contributed by atoms with Crippen LogP contribution in [0, 0.1) is 0 Å². The van der Waals surface area contributed by atoms with Crippen LogP contribution >= 0.6 is 11.6 Å². The van der Waals surface area contributed by atoms with Gasteiger partial charge in [-0.1, -0.05) is 29.0 Å². The summed E-state index contributed by atoms with van der Waals surface area (Å²) in [5, 5.41) is 8.47. The van der Waals surface area contributed by atoms with Crippen molar-refractivity contribution in [3.8, 4) is 0 Å². The number of hydrogen-bond acceptors (Lipinski definition) is 3. The van der Waals surface area contributed by atoms with Gasteiger partial charge in [0, 0.05) is 11.6 Å². The van der Waals surface area contributed by atoms with Gasteiger partial charge in [-0.3, -0.25) is 4.98 Å². The van der Waals surface area contributed by atoms with Gasteiger partial charge in [-0.2, -0.15) is 0 Å². The van der Waals surface area contributed by atoms with Crippen molar-refractivity contribution in [1.29, 1.82) is 0 Å². The third kappa shape index (κ3) is 1.40. The predicted molar refractivity (Wildman–Crippen MR) is 55.5 cm³/mol. The first kappa shape index (κ1) is 8.90. The first-order valence-corrected chi connectivity index (χ1v) is 4.35. The highest BCUT2D eigenvalue weighted by atomic mass is 35.5. The Morgan fingerprint density at radius 2 is 2.14 bits per heavy atom. The molecule has 1 aromatic heterocycles. The molecule has 0 fully saturated rings. The highest BCUT2D eigenvalue weighted by Crippen LogP contribution is 2.28. The molecular formula is C9H7ClN4. The molecule has 1 aromatic carbocycles. The van der Waals surface area contributed by atoms with E-state index in [0.717, 1.165) is 5.39 Å². The molecule has 4 nitrogen and oxygen atoms in total. The second kappa shape index (κ2) is 3.59. The maximum absolute atomic E-state index is 5.99. The summed E-state index contributed by atoms with van der Waals surface area (Å²) in [6.45, 7) is 0. The number of para-hydroxylation sites is 1. The van der Waals surface area contributed by atoms with E-state index in [1.165, 1.54) is 0 Å². The molecule has 0 spiro atoms. The molecule has 70 valence electrons. The lowest BCUT2D eigenvalue weighted by molar-refractivity contribution is 1.06. The van der Waals surface area contributed by atoms with Crippen molar-refractivity contribution in [2.24, 2.45) is 16.2 Å². The number of pyridine rings is 1. The zero-order chi connectivity index (χ0) is 9.97. The second-order valence-corrected chi connectivity index (χ2v) is 3.09. The Labute approximate surface area is 85.4 Å². The number of aromatic nitrogens is 1. The fourth-order valence-electron chi connectivity index (χ4n) is 1.27. The predicted octanol–water partition coefficient (Wildman–Crippen LogP) is 2.85. The van der Waals surface area contributed by atoms with E-state index in [0.29, 0.717) is 16.2 Å². The van der Waals surface area contributed by atoms with E-state index in [2.05, 4.69) is 15.3 Å². The maximum Gasteiger partial charge on any atom is 0.114 e. The first-order valence-electron chi connectivity index (χ1n) is 3.97. The summed E-state index contributed by atoms with van der Waals surface area (Å²) in [4.78, 5) is 4.17. The Balaban J connectivity index is 2.81. The highest BCUT2D eigenvalue weighted by Gasteiger charge is 2.03. The minimum atomic E-state index is 0.618. The molecule has 0 aliphatic heterocycles. The Morgan fingerprint density at radius 3 is 2.93 bits per heavy atom. The van der Waals surface area contributed by atoms with Gasteiger partial charge in [0.2, 0.25) is 0 Å². The van der Waals surface area contributed by atoms with Crippen molar-refractivity contribution >= 4 is 28.2 Å². The lowest BCUT2D eigenvalue weighted by Crippen LogP contribution is -1.81. The third-order valence-electron chi connectivity index (χ3n) is 1.86. The van der Waals surface area contributed by atoms with E-state index in [-0.39, 0.29) is 0 Å². The van der Waals surface area contributed by atoms with E-state index < -0.39 is 0 Å².